The van der Waals surface area contributed by atoms with Crippen LogP contribution in [0.5, 0.6) is 0 Å². The van der Waals surface area contributed by atoms with E-state index in [-0.39, 0.29) is 17.0 Å². The van der Waals surface area contributed by atoms with E-state index in [9.17, 15) is 4.39 Å². The number of fused-ring (bicyclic) bond motifs is 1. The van der Waals surface area contributed by atoms with Crippen molar-refractivity contribution in [2.45, 2.75) is 35.6 Å². The molecule has 3 rings (SSSR count). The van der Waals surface area contributed by atoms with Crippen LogP contribution in [0.15, 0.2) is 0 Å². The summed E-state index contributed by atoms with van der Waals surface area (Å²) in [6.45, 7) is 1.15. The molecule has 3 heterocycles. The summed E-state index contributed by atoms with van der Waals surface area (Å²) in [6.07, 6.45) is 0.0201. The van der Waals surface area contributed by atoms with E-state index >= 15 is 0 Å². The van der Waals surface area contributed by atoms with E-state index in [1.165, 1.54) is 0 Å². The second kappa shape index (κ2) is 2.84. The molecule has 0 radical (unpaired) electrons. The standard InChI is InChI=1S/C9H15FN2OS/c1-11-5-2-7-9(14)4-13-3-6(8(5)10)12(7)9/h5-8,11,14H,2-4H2,1H3/t5-,6+,7?,8-,9?,12?/m1/s1. The highest BCUT2D eigenvalue weighted by atomic mass is 32.1. The molecule has 0 aromatic rings. The van der Waals surface area contributed by atoms with Crippen LogP contribution in [0, 0.1) is 0 Å². The summed E-state index contributed by atoms with van der Waals surface area (Å²) in [4.78, 5) is 2.01. The van der Waals surface area contributed by atoms with Crippen LogP contribution in [-0.2, 0) is 4.74 Å². The summed E-state index contributed by atoms with van der Waals surface area (Å²) < 4.78 is 19.4. The molecular weight excluding hydrogens is 203 g/mol. The van der Waals surface area contributed by atoms with Gasteiger partial charge in [0, 0.05) is 12.1 Å². The lowest BCUT2D eigenvalue weighted by Gasteiger charge is -2.35. The Hall–Kier alpha value is 0.160. The van der Waals surface area contributed by atoms with Gasteiger partial charge in [-0.05, 0) is 13.5 Å². The first-order valence-corrected chi connectivity index (χ1v) is 5.53. The fourth-order valence-electron chi connectivity index (χ4n) is 2.97. The molecule has 6 atom stereocenters. The third-order valence-electron chi connectivity index (χ3n) is 3.81. The van der Waals surface area contributed by atoms with Gasteiger partial charge in [-0.3, -0.25) is 4.90 Å². The monoisotopic (exact) mass is 218 g/mol. The maximum Gasteiger partial charge on any atom is 0.133 e. The van der Waals surface area contributed by atoms with Gasteiger partial charge in [0.1, 0.15) is 11.0 Å². The van der Waals surface area contributed by atoms with Gasteiger partial charge in [-0.2, -0.15) is 12.6 Å². The maximum atomic E-state index is 13.9. The molecule has 0 amide bonds. The van der Waals surface area contributed by atoms with Crippen molar-refractivity contribution >= 4 is 12.6 Å². The number of morpholine rings is 1. The predicted molar refractivity (Wildman–Crippen MR) is 54.3 cm³/mol. The average molecular weight is 218 g/mol. The number of rotatable bonds is 1. The normalized spacial score (nSPS) is 60.6. The molecule has 0 spiro atoms. The summed E-state index contributed by atoms with van der Waals surface area (Å²) in [5, 5.41) is 3.05. The fourth-order valence-corrected chi connectivity index (χ4v) is 3.52. The van der Waals surface area contributed by atoms with Crippen molar-refractivity contribution < 1.29 is 9.13 Å². The molecule has 5 heteroatoms. The summed E-state index contributed by atoms with van der Waals surface area (Å²) in [7, 11) is 1.82. The van der Waals surface area contributed by atoms with Gasteiger partial charge in [-0.15, -0.1) is 0 Å². The van der Waals surface area contributed by atoms with Crippen molar-refractivity contribution in [2.75, 3.05) is 20.3 Å². The molecule has 3 fully saturated rings. The summed E-state index contributed by atoms with van der Waals surface area (Å²) in [5.74, 6) is 0. The molecule has 0 aromatic carbocycles. The smallest absolute Gasteiger partial charge is 0.133 e. The van der Waals surface area contributed by atoms with Crippen molar-refractivity contribution in [3.63, 3.8) is 0 Å². The van der Waals surface area contributed by atoms with Gasteiger partial charge in [-0.25, -0.2) is 4.39 Å². The van der Waals surface area contributed by atoms with Crippen LogP contribution >= 0.6 is 12.6 Å². The van der Waals surface area contributed by atoms with Crippen LogP contribution in [-0.4, -0.2) is 54.3 Å². The van der Waals surface area contributed by atoms with Gasteiger partial charge in [0.05, 0.1) is 19.3 Å². The van der Waals surface area contributed by atoms with Crippen molar-refractivity contribution in [1.82, 2.24) is 10.2 Å². The van der Waals surface area contributed by atoms with Gasteiger partial charge < -0.3 is 10.1 Å². The number of hydrogen-bond acceptors (Lipinski definition) is 4. The quantitative estimate of drug-likeness (QED) is 0.479. The number of piperidine rings is 1. The molecule has 0 aromatic heterocycles. The molecule has 3 unspecified atom stereocenters. The number of ether oxygens (including phenoxy) is 1. The fraction of sp³-hybridized carbons (Fsp3) is 1.00. The zero-order valence-electron chi connectivity index (χ0n) is 8.11. The Morgan fingerprint density at radius 2 is 2.43 bits per heavy atom. The van der Waals surface area contributed by atoms with Gasteiger partial charge >= 0.3 is 0 Å². The topological polar surface area (TPSA) is 24.3 Å². The molecule has 3 saturated heterocycles. The predicted octanol–water partition coefficient (Wildman–Crippen LogP) is 0.0253. The summed E-state index contributed by atoms with van der Waals surface area (Å²) >= 11 is 4.59. The third kappa shape index (κ3) is 0.988. The number of halogens is 1. The maximum absolute atomic E-state index is 13.9. The van der Waals surface area contributed by atoms with E-state index in [1.54, 1.807) is 0 Å². The number of nitrogens with zero attached hydrogens (tertiary/aromatic N) is 1. The Balaban J connectivity index is 1.87. The van der Waals surface area contributed by atoms with E-state index in [2.05, 4.69) is 22.8 Å². The Morgan fingerprint density at radius 3 is 3.14 bits per heavy atom. The van der Waals surface area contributed by atoms with Crippen molar-refractivity contribution in [3.05, 3.63) is 0 Å². The van der Waals surface area contributed by atoms with Gasteiger partial charge in [0.15, 0.2) is 0 Å². The van der Waals surface area contributed by atoms with Crippen molar-refractivity contribution in [3.8, 4) is 0 Å². The van der Waals surface area contributed by atoms with E-state index in [4.69, 9.17) is 4.74 Å². The lowest BCUT2D eigenvalue weighted by atomic mass is 9.97. The second-order valence-corrected chi connectivity index (χ2v) is 5.23. The zero-order chi connectivity index (χ0) is 9.92. The van der Waals surface area contributed by atoms with Gasteiger partial charge in [0.2, 0.25) is 0 Å². The van der Waals surface area contributed by atoms with E-state index in [1.807, 2.05) is 7.05 Å². The van der Waals surface area contributed by atoms with Crippen LogP contribution in [0.4, 0.5) is 4.39 Å². The minimum absolute atomic E-state index is 0.0306. The average Bonchev–Trinajstić information content (AvgIpc) is 2.78. The Labute approximate surface area is 88.4 Å². The molecule has 80 valence electrons. The van der Waals surface area contributed by atoms with Crippen LogP contribution < -0.4 is 5.32 Å². The van der Waals surface area contributed by atoms with Crippen molar-refractivity contribution in [2.24, 2.45) is 0 Å². The molecule has 1 N–H and O–H groups in total. The highest BCUT2D eigenvalue weighted by Gasteiger charge is 2.69. The van der Waals surface area contributed by atoms with Gasteiger partial charge in [-0.1, -0.05) is 0 Å². The van der Waals surface area contributed by atoms with Crippen LogP contribution in [0.25, 0.3) is 0 Å². The minimum Gasteiger partial charge on any atom is -0.377 e. The Morgan fingerprint density at radius 1 is 1.64 bits per heavy atom. The summed E-state index contributed by atoms with van der Waals surface area (Å²) in [6, 6.07) is 0.289. The van der Waals surface area contributed by atoms with Crippen LogP contribution in [0.3, 0.4) is 0 Å². The molecule has 3 aliphatic heterocycles. The molecule has 0 bridgehead atoms. The Kier molecular flexibility index (Phi) is 1.91. The van der Waals surface area contributed by atoms with E-state index in [0.717, 1.165) is 6.42 Å². The highest BCUT2D eigenvalue weighted by molar-refractivity contribution is 7.82. The van der Waals surface area contributed by atoms with E-state index < -0.39 is 6.17 Å². The minimum atomic E-state index is -0.828. The molecule has 0 saturated carbocycles. The van der Waals surface area contributed by atoms with Gasteiger partial charge in [0.25, 0.3) is 0 Å². The zero-order valence-corrected chi connectivity index (χ0v) is 9.01. The SMILES string of the molecule is CN[C@@H]1CC2N3[C@@H](COCC23S)[C@@H]1F. The first-order valence-electron chi connectivity index (χ1n) is 5.08. The molecule has 3 nitrogen and oxygen atoms in total. The third-order valence-corrected chi connectivity index (χ3v) is 4.47. The van der Waals surface area contributed by atoms with Crippen molar-refractivity contribution in [1.29, 1.82) is 0 Å². The molecule has 0 aliphatic carbocycles. The number of nitrogens with one attached hydrogen (secondary N) is 1. The first kappa shape index (κ1) is 9.39. The first-order chi connectivity index (χ1) is 6.68. The molecule has 3 aliphatic rings. The molecular formula is C9H15FN2OS. The number of thiol groups is 1. The lowest BCUT2D eigenvalue weighted by Crippen LogP contribution is -2.53. The highest BCUT2D eigenvalue weighted by Crippen LogP contribution is 2.55. The molecule has 14 heavy (non-hydrogen) atoms. The van der Waals surface area contributed by atoms with E-state index in [0.29, 0.717) is 19.3 Å². The lowest BCUT2D eigenvalue weighted by molar-refractivity contribution is -0.00779. The largest absolute Gasteiger partial charge is 0.377 e. The summed E-state index contributed by atoms with van der Waals surface area (Å²) in [5.41, 5.74) is 0. The second-order valence-electron chi connectivity index (χ2n) is 4.46. The number of alkyl halides is 1. The van der Waals surface area contributed by atoms with Crippen LogP contribution in [0.1, 0.15) is 6.42 Å². The Bertz CT molecular complexity index is 267. The van der Waals surface area contributed by atoms with Crippen LogP contribution in [0.2, 0.25) is 0 Å². The number of hydrogen-bond donors (Lipinski definition) is 2.